The van der Waals surface area contributed by atoms with E-state index in [1.54, 1.807) is 14.2 Å². The fraction of sp³-hybridized carbons (Fsp3) is 0.600. The van der Waals surface area contributed by atoms with Crippen molar-refractivity contribution in [3.63, 3.8) is 0 Å². The van der Waals surface area contributed by atoms with E-state index in [1.807, 2.05) is 17.8 Å². The molecule has 0 aromatic heterocycles. The van der Waals surface area contributed by atoms with Crippen LogP contribution in [0.3, 0.4) is 0 Å². The van der Waals surface area contributed by atoms with Crippen LogP contribution in [0.4, 0.5) is 0 Å². The van der Waals surface area contributed by atoms with Gasteiger partial charge in [-0.1, -0.05) is 13.8 Å². The van der Waals surface area contributed by atoms with Crippen LogP contribution in [0.25, 0.3) is 0 Å². The Kier molecular flexibility index (Phi) is 8.41. The highest BCUT2D eigenvalue weighted by molar-refractivity contribution is 9.10. The minimum atomic E-state index is 0.286. The van der Waals surface area contributed by atoms with Gasteiger partial charge in [-0.15, -0.1) is 0 Å². The fourth-order valence-electron chi connectivity index (χ4n) is 2.04. The van der Waals surface area contributed by atoms with Crippen LogP contribution >= 0.6 is 27.7 Å². The van der Waals surface area contributed by atoms with Gasteiger partial charge in [0.1, 0.15) is 16.0 Å². The second-order valence-corrected chi connectivity index (χ2v) is 6.33. The molecule has 0 aliphatic rings. The second kappa shape index (κ2) is 9.53. The molecule has 1 atom stereocenters. The molecule has 1 N–H and O–H groups in total. The lowest BCUT2D eigenvalue weighted by atomic mass is 10.1. The van der Waals surface area contributed by atoms with E-state index in [-0.39, 0.29) is 6.04 Å². The molecule has 0 heterocycles. The third-order valence-corrected chi connectivity index (χ3v) is 4.99. The summed E-state index contributed by atoms with van der Waals surface area (Å²) in [6.45, 7) is 5.27. The van der Waals surface area contributed by atoms with E-state index in [0.29, 0.717) is 0 Å². The average Bonchev–Trinajstić information content (AvgIpc) is 2.46. The Bertz CT molecular complexity index is 415. The third-order valence-electron chi connectivity index (χ3n) is 2.98. The van der Waals surface area contributed by atoms with E-state index in [4.69, 9.17) is 9.47 Å². The third kappa shape index (κ3) is 4.57. The molecule has 1 rings (SSSR count). The van der Waals surface area contributed by atoms with Gasteiger partial charge in [0, 0.05) is 17.4 Å². The van der Waals surface area contributed by atoms with Crippen LogP contribution in [0.5, 0.6) is 11.5 Å². The molecular weight excluding hydrogens is 338 g/mol. The van der Waals surface area contributed by atoms with Crippen molar-refractivity contribution in [2.24, 2.45) is 0 Å². The minimum Gasteiger partial charge on any atom is -0.495 e. The summed E-state index contributed by atoms with van der Waals surface area (Å²) in [5, 5.41) is 3.53. The predicted octanol–water partition coefficient (Wildman–Crippen LogP) is 4.26. The molecule has 3 nitrogen and oxygen atoms in total. The lowest BCUT2D eigenvalue weighted by Gasteiger charge is -2.22. The Labute approximate surface area is 134 Å². The zero-order valence-electron chi connectivity index (χ0n) is 12.7. The van der Waals surface area contributed by atoms with Gasteiger partial charge in [-0.3, -0.25) is 0 Å². The van der Waals surface area contributed by atoms with Crippen molar-refractivity contribution in [3.8, 4) is 11.5 Å². The first kappa shape index (κ1) is 17.7. The van der Waals surface area contributed by atoms with Crippen LogP contribution in [0.1, 0.15) is 31.9 Å². The topological polar surface area (TPSA) is 30.5 Å². The molecular formula is C15H24BrNO2S. The van der Waals surface area contributed by atoms with Crippen LogP contribution in [0, 0.1) is 0 Å². The second-order valence-electron chi connectivity index (χ2n) is 4.39. The number of hydrogen-bond donors (Lipinski definition) is 1. The summed E-state index contributed by atoms with van der Waals surface area (Å²) in [6, 6.07) is 4.35. The maximum absolute atomic E-state index is 5.58. The number of benzene rings is 1. The van der Waals surface area contributed by atoms with Crippen LogP contribution in [-0.4, -0.2) is 32.3 Å². The van der Waals surface area contributed by atoms with Gasteiger partial charge in [-0.05, 0) is 46.8 Å². The molecule has 0 spiro atoms. The lowest BCUT2D eigenvalue weighted by Crippen LogP contribution is -2.23. The Morgan fingerprint density at radius 3 is 2.55 bits per heavy atom. The highest BCUT2D eigenvalue weighted by Gasteiger charge is 2.19. The van der Waals surface area contributed by atoms with Crippen molar-refractivity contribution >= 4 is 27.7 Å². The number of thioether (sulfide) groups is 1. The summed E-state index contributed by atoms with van der Waals surface area (Å²) < 4.78 is 11.8. The van der Waals surface area contributed by atoms with Gasteiger partial charge in [0.2, 0.25) is 0 Å². The van der Waals surface area contributed by atoms with Crippen LogP contribution in [-0.2, 0) is 0 Å². The Morgan fingerprint density at radius 2 is 2.00 bits per heavy atom. The summed E-state index contributed by atoms with van der Waals surface area (Å²) in [5.74, 6) is 3.87. The van der Waals surface area contributed by atoms with Gasteiger partial charge >= 0.3 is 0 Å². The van der Waals surface area contributed by atoms with Crippen molar-refractivity contribution in [3.05, 3.63) is 22.2 Å². The maximum Gasteiger partial charge on any atom is 0.141 e. The highest BCUT2D eigenvalue weighted by Crippen LogP contribution is 2.40. The average molecular weight is 362 g/mol. The molecule has 0 radical (unpaired) electrons. The number of ether oxygens (including phenoxy) is 2. The van der Waals surface area contributed by atoms with Crippen molar-refractivity contribution < 1.29 is 9.47 Å². The van der Waals surface area contributed by atoms with E-state index in [2.05, 4.69) is 41.2 Å². The van der Waals surface area contributed by atoms with Crippen LogP contribution < -0.4 is 14.8 Å². The van der Waals surface area contributed by atoms with Crippen molar-refractivity contribution in [2.45, 2.75) is 26.3 Å². The van der Waals surface area contributed by atoms with E-state index in [1.165, 1.54) is 17.7 Å². The van der Waals surface area contributed by atoms with E-state index in [9.17, 15) is 0 Å². The normalized spacial score (nSPS) is 12.2. The van der Waals surface area contributed by atoms with Crippen LogP contribution in [0.15, 0.2) is 16.6 Å². The van der Waals surface area contributed by atoms with Crippen molar-refractivity contribution in [1.82, 2.24) is 5.32 Å². The molecule has 0 aliphatic carbocycles. The van der Waals surface area contributed by atoms with Gasteiger partial charge in [0.25, 0.3) is 0 Å². The van der Waals surface area contributed by atoms with Gasteiger partial charge in [-0.25, -0.2) is 0 Å². The molecule has 0 aliphatic heterocycles. The molecule has 1 unspecified atom stereocenters. The van der Waals surface area contributed by atoms with E-state index >= 15 is 0 Å². The van der Waals surface area contributed by atoms with Crippen molar-refractivity contribution in [1.29, 1.82) is 0 Å². The molecule has 0 saturated heterocycles. The largest absolute Gasteiger partial charge is 0.495 e. The number of nitrogens with one attached hydrogen (secondary N) is 1. The first-order valence-corrected chi connectivity index (χ1v) is 8.85. The number of rotatable bonds is 9. The molecule has 0 amide bonds. The van der Waals surface area contributed by atoms with E-state index < -0.39 is 0 Å². The minimum absolute atomic E-state index is 0.286. The molecule has 114 valence electrons. The Balaban J connectivity index is 3.02. The fourth-order valence-corrected chi connectivity index (χ4v) is 3.72. The summed E-state index contributed by atoms with van der Waals surface area (Å²) >= 11 is 5.54. The maximum atomic E-state index is 5.58. The monoisotopic (exact) mass is 361 g/mol. The number of hydrogen-bond acceptors (Lipinski definition) is 4. The van der Waals surface area contributed by atoms with Gasteiger partial charge in [0.05, 0.1) is 14.2 Å². The molecule has 0 fully saturated rings. The smallest absolute Gasteiger partial charge is 0.141 e. The van der Waals surface area contributed by atoms with Gasteiger partial charge < -0.3 is 14.8 Å². The molecule has 20 heavy (non-hydrogen) atoms. The molecule has 1 aromatic rings. The molecule has 0 bridgehead atoms. The summed E-state index contributed by atoms with van der Waals surface area (Å²) in [5.41, 5.74) is 1.17. The SMILES string of the molecule is CCCSCC(NCC)c1ccc(OC)c(Br)c1OC. The molecule has 1 aromatic carbocycles. The van der Waals surface area contributed by atoms with Gasteiger partial charge in [0.15, 0.2) is 0 Å². The standard InChI is InChI=1S/C15H24BrNO2S/c1-5-9-20-10-12(17-6-2)11-7-8-13(18-3)14(16)15(11)19-4/h7-8,12,17H,5-6,9-10H2,1-4H3. The first-order valence-electron chi connectivity index (χ1n) is 6.91. The summed E-state index contributed by atoms with van der Waals surface area (Å²) in [6.07, 6.45) is 1.20. The zero-order valence-corrected chi connectivity index (χ0v) is 15.1. The Morgan fingerprint density at radius 1 is 1.25 bits per heavy atom. The quantitative estimate of drug-likeness (QED) is 0.665. The summed E-state index contributed by atoms with van der Waals surface area (Å²) in [7, 11) is 3.36. The summed E-state index contributed by atoms with van der Waals surface area (Å²) in [4.78, 5) is 0. The molecule has 5 heteroatoms. The van der Waals surface area contributed by atoms with Gasteiger partial charge in [-0.2, -0.15) is 11.8 Å². The zero-order chi connectivity index (χ0) is 15.0. The molecule has 0 saturated carbocycles. The number of halogens is 1. The Hall–Kier alpha value is -0.390. The number of methoxy groups -OCH3 is 2. The lowest BCUT2D eigenvalue weighted by molar-refractivity contribution is 0.382. The predicted molar refractivity (Wildman–Crippen MR) is 91.3 cm³/mol. The first-order chi connectivity index (χ1) is 9.69. The van der Waals surface area contributed by atoms with Crippen LogP contribution in [0.2, 0.25) is 0 Å². The van der Waals surface area contributed by atoms with Crippen molar-refractivity contribution in [2.75, 3.05) is 32.3 Å². The van der Waals surface area contributed by atoms with E-state index in [0.717, 1.165) is 28.3 Å². The highest BCUT2D eigenvalue weighted by atomic mass is 79.9.